The first-order valence-corrected chi connectivity index (χ1v) is 2.00. The zero-order valence-electron chi connectivity index (χ0n) is 3.54. The van der Waals surface area contributed by atoms with Gasteiger partial charge in [-0.25, -0.2) is 0 Å². The Morgan fingerprint density at radius 1 is 1.14 bits per heavy atom. The van der Waals surface area contributed by atoms with E-state index >= 15 is 0 Å². The summed E-state index contributed by atoms with van der Waals surface area (Å²) in [5.74, 6) is 0. The molecule has 0 saturated heterocycles. The summed E-state index contributed by atoms with van der Waals surface area (Å²) in [6.45, 7) is 0. The van der Waals surface area contributed by atoms with Crippen molar-refractivity contribution in [2.75, 3.05) is 0 Å². The SMILES string of the molecule is O=S(=O)([O-])[O-].[NH4+].[Zr+]. The second kappa shape index (κ2) is 4.86. The van der Waals surface area contributed by atoms with Gasteiger partial charge in [-0.2, -0.15) is 0 Å². The first-order valence-electron chi connectivity index (χ1n) is 0.667. The molecule has 43 valence electrons. The smallest absolute Gasteiger partial charge is 0.759 e. The van der Waals surface area contributed by atoms with E-state index in [9.17, 15) is 0 Å². The summed E-state index contributed by atoms with van der Waals surface area (Å²) in [6.07, 6.45) is 0. The van der Waals surface area contributed by atoms with Crippen LogP contribution in [0.15, 0.2) is 0 Å². The molecule has 0 bridgehead atoms. The predicted molar refractivity (Wildman–Crippen MR) is 16.5 cm³/mol. The molecule has 0 fully saturated rings. The van der Waals surface area contributed by atoms with Crippen molar-refractivity contribution in [2.45, 2.75) is 0 Å². The molecule has 0 rings (SSSR count). The molecule has 0 aliphatic heterocycles. The van der Waals surface area contributed by atoms with Gasteiger partial charge in [-0.1, -0.05) is 0 Å². The Hall–Kier alpha value is 0.713. The second-order valence-corrected chi connectivity index (χ2v) is 1.22. The van der Waals surface area contributed by atoms with E-state index in [1.54, 1.807) is 0 Å². The van der Waals surface area contributed by atoms with Gasteiger partial charge in [0.05, 0.1) is 0 Å². The van der Waals surface area contributed by atoms with Crippen LogP contribution in [-0.4, -0.2) is 17.5 Å². The molecule has 0 unspecified atom stereocenters. The first-order chi connectivity index (χ1) is 2.00. The zero-order chi connectivity index (χ0) is 4.50. The number of rotatable bonds is 0. The molecule has 0 aromatic carbocycles. The van der Waals surface area contributed by atoms with Gasteiger partial charge < -0.3 is 15.3 Å². The monoisotopic (exact) mass is 204 g/mol. The molecular formula is H4NO4SZr. The number of hydrogen-bond donors (Lipinski definition) is 1. The van der Waals surface area contributed by atoms with E-state index in [1.807, 2.05) is 0 Å². The molecule has 7 heteroatoms. The van der Waals surface area contributed by atoms with Gasteiger partial charge in [-0.05, 0) is 0 Å². The molecule has 0 aromatic rings. The van der Waals surface area contributed by atoms with Gasteiger partial charge in [-0.15, -0.1) is 0 Å². The second-order valence-electron chi connectivity index (χ2n) is 0.408. The van der Waals surface area contributed by atoms with Crippen LogP contribution < -0.4 is 6.15 Å². The minimum atomic E-state index is -5.17. The zero-order valence-corrected chi connectivity index (χ0v) is 6.82. The molecule has 5 nitrogen and oxygen atoms in total. The van der Waals surface area contributed by atoms with Crippen molar-refractivity contribution >= 4 is 10.4 Å². The van der Waals surface area contributed by atoms with Gasteiger partial charge in [0.25, 0.3) is 0 Å². The fourth-order valence-corrected chi connectivity index (χ4v) is 0. The topological polar surface area (TPSA) is 117 Å². The van der Waals surface area contributed by atoms with E-state index in [-0.39, 0.29) is 32.4 Å². The summed E-state index contributed by atoms with van der Waals surface area (Å²) in [4.78, 5) is 0. The average Bonchev–Trinajstić information content (AvgIpc) is 0.722. The molecular weight excluding hydrogens is 201 g/mol. The molecule has 0 aliphatic carbocycles. The molecule has 0 amide bonds. The molecule has 0 aromatic heterocycles. The molecule has 0 heterocycles. The van der Waals surface area contributed by atoms with Crippen molar-refractivity contribution < 1.29 is 43.7 Å². The van der Waals surface area contributed by atoms with E-state index in [2.05, 4.69) is 0 Å². The number of quaternary nitrogens is 1. The molecule has 0 spiro atoms. The van der Waals surface area contributed by atoms with Gasteiger partial charge in [0.1, 0.15) is 0 Å². The van der Waals surface area contributed by atoms with Crippen LogP contribution in [0.4, 0.5) is 0 Å². The van der Waals surface area contributed by atoms with E-state index in [0.717, 1.165) is 0 Å². The third-order valence-corrected chi connectivity index (χ3v) is 0. The van der Waals surface area contributed by atoms with E-state index < -0.39 is 10.4 Å². The fourth-order valence-electron chi connectivity index (χ4n) is 0. The summed E-state index contributed by atoms with van der Waals surface area (Å²) < 4.78 is 34.1. The first kappa shape index (κ1) is 15.6. The van der Waals surface area contributed by atoms with Crippen molar-refractivity contribution in [2.24, 2.45) is 0 Å². The van der Waals surface area contributed by atoms with Gasteiger partial charge in [0, 0.05) is 10.4 Å². The Kier molecular flexibility index (Phi) is 10.9. The van der Waals surface area contributed by atoms with Gasteiger partial charge >= 0.3 is 26.2 Å². The maximum Gasteiger partial charge on any atom is 1.00 e. The van der Waals surface area contributed by atoms with Crippen LogP contribution in [0.2, 0.25) is 0 Å². The standard InChI is InChI=1S/H3N.H2O4S.Zr/c;1-5(2,3)4;/h1H3;(H2,1,2,3,4);/q;;+1/p-1. The molecule has 0 atom stereocenters. The van der Waals surface area contributed by atoms with Gasteiger partial charge in [-0.3, -0.25) is 8.42 Å². The molecule has 7 heavy (non-hydrogen) atoms. The van der Waals surface area contributed by atoms with Crippen LogP contribution in [0.25, 0.3) is 0 Å². The van der Waals surface area contributed by atoms with Crippen molar-refractivity contribution in [3.8, 4) is 0 Å². The van der Waals surface area contributed by atoms with Crippen LogP contribution >= 0.6 is 0 Å². The van der Waals surface area contributed by atoms with Crippen LogP contribution in [0.1, 0.15) is 0 Å². The minimum absolute atomic E-state index is 0. The molecule has 0 saturated carbocycles. The van der Waals surface area contributed by atoms with Crippen molar-refractivity contribution in [1.29, 1.82) is 0 Å². The summed E-state index contributed by atoms with van der Waals surface area (Å²) >= 11 is 0. The maximum atomic E-state index is 8.52. The Morgan fingerprint density at radius 2 is 1.14 bits per heavy atom. The van der Waals surface area contributed by atoms with Crippen LogP contribution in [0.3, 0.4) is 0 Å². The van der Waals surface area contributed by atoms with Crippen molar-refractivity contribution in [3.05, 3.63) is 0 Å². The minimum Gasteiger partial charge on any atom is -0.759 e. The molecule has 4 N–H and O–H groups in total. The number of hydrogen-bond acceptors (Lipinski definition) is 4. The van der Waals surface area contributed by atoms with Crippen LogP contribution in [0, 0.1) is 0 Å². The van der Waals surface area contributed by atoms with E-state index in [0.29, 0.717) is 0 Å². The van der Waals surface area contributed by atoms with Crippen LogP contribution in [0.5, 0.6) is 0 Å². The quantitative estimate of drug-likeness (QED) is 0.404. The average molecular weight is 205 g/mol. The Morgan fingerprint density at radius 3 is 1.14 bits per heavy atom. The maximum absolute atomic E-state index is 8.52. The summed E-state index contributed by atoms with van der Waals surface area (Å²) in [6, 6.07) is 0. The molecule has 1 radical (unpaired) electrons. The largest absolute Gasteiger partial charge is 1.00 e. The van der Waals surface area contributed by atoms with Crippen molar-refractivity contribution in [1.82, 2.24) is 6.15 Å². The van der Waals surface area contributed by atoms with Gasteiger partial charge in [0.15, 0.2) is 0 Å². The Bertz CT molecular complexity index is 94.9. The normalized spacial score (nSPS) is 8.29. The van der Waals surface area contributed by atoms with Gasteiger partial charge in [0.2, 0.25) is 0 Å². The third kappa shape index (κ3) is 293. The Labute approximate surface area is 60.4 Å². The molecule has 0 aliphatic rings. The van der Waals surface area contributed by atoms with Crippen molar-refractivity contribution in [3.63, 3.8) is 0 Å². The summed E-state index contributed by atoms with van der Waals surface area (Å²) in [7, 11) is -5.17. The predicted octanol–water partition coefficient (Wildman–Crippen LogP) is -0.964. The van der Waals surface area contributed by atoms with Crippen LogP contribution in [-0.2, 0) is 36.6 Å². The van der Waals surface area contributed by atoms with E-state index in [1.165, 1.54) is 0 Å². The third-order valence-electron chi connectivity index (χ3n) is 0. The summed E-state index contributed by atoms with van der Waals surface area (Å²) in [5, 5.41) is 0. The summed E-state index contributed by atoms with van der Waals surface area (Å²) in [5.41, 5.74) is 0. The fraction of sp³-hybridized carbons (Fsp3) is 0. The Balaban J connectivity index is -0.0000000800. The van der Waals surface area contributed by atoms with E-state index in [4.69, 9.17) is 17.5 Å².